The van der Waals surface area contributed by atoms with E-state index in [4.69, 9.17) is 5.11 Å². The number of amides is 1. The van der Waals surface area contributed by atoms with Crippen molar-refractivity contribution in [2.24, 2.45) is 5.92 Å². The first-order valence-corrected chi connectivity index (χ1v) is 8.79. The third kappa shape index (κ3) is 4.26. The van der Waals surface area contributed by atoms with Crippen LogP contribution in [0.4, 0.5) is 4.39 Å². The molecule has 1 fully saturated rings. The SMILES string of the molecule is CS(=O)(=O)N1CCC(CNC(=O)c2ccc(C(=O)O)cc2F)C1. The fourth-order valence-corrected chi connectivity index (χ4v) is 3.35. The molecule has 1 unspecified atom stereocenters. The molecule has 1 aliphatic rings. The molecule has 0 spiro atoms. The third-order valence-corrected chi connectivity index (χ3v) is 5.00. The lowest BCUT2D eigenvalue weighted by Gasteiger charge is -2.14. The van der Waals surface area contributed by atoms with Gasteiger partial charge >= 0.3 is 5.97 Å². The molecule has 1 saturated heterocycles. The lowest BCUT2D eigenvalue weighted by Crippen LogP contribution is -2.33. The van der Waals surface area contributed by atoms with Crippen LogP contribution in [-0.2, 0) is 10.0 Å². The van der Waals surface area contributed by atoms with Crippen LogP contribution < -0.4 is 5.32 Å². The minimum Gasteiger partial charge on any atom is -0.478 e. The minimum absolute atomic E-state index is 0.0324. The van der Waals surface area contributed by atoms with Gasteiger partial charge in [0.05, 0.1) is 17.4 Å². The molecule has 0 radical (unpaired) electrons. The first-order chi connectivity index (χ1) is 10.7. The molecular formula is C14H17FN2O5S. The first-order valence-electron chi connectivity index (χ1n) is 6.94. The molecule has 126 valence electrons. The molecule has 0 aliphatic carbocycles. The highest BCUT2D eigenvalue weighted by atomic mass is 32.2. The summed E-state index contributed by atoms with van der Waals surface area (Å²) in [7, 11) is -3.24. The average molecular weight is 344 g/mol. The van der Waals surface area contributed by atoms with Crippen molar-refractivity contribution in [1.82, 2.24) is 9.62 Å². The summed E-state index contributed by atoms with van der Waals surface area (Å²) in [4.78, 5) is 22.7. The molecule has 1 aromatic rings. The fourth-order valence-electron chi connectivity index (χ4n) is 2.43. The van der Waals surface area contributed by atoms with E-state index in [1.165, 1.54) is 4.31 Å². The van der Waals surface area contributed by atoms with Gasteiger partial charge in [-0.05, 0) is 30.5 Å². The van der Waals surface area contributed by atoms with Crippen molar-refractivity contribution in [2.75, 3.05) is 25.9 Å². The highest BCUT2D eigenvalue weighted by Gasteiger charge is 2.28. The van der Waals surface area contributed by atoms with E-state index in [-0.39, 0.29) is 23.6 Å². The highest BCUT2D eigenvalue weighted by molar-refractivity contribution is 7.88. The summed E-state index contributed by atoms with van der Waals surface area (Å²) in [6.45, 7) is 0.950. The van der Waals surface area contributed by atoms with Gasteiger partial charge in [-0.3, -0.25) is 4.79 Å². The van der Waals surface area contributed by atoms with E-state index < -0.39 is 27.7 Å². The number of carbonyl (C=O) groups is 2. The van der Waals surface area contributed by atoms with Crippen LogP contribution >= 0.6 is 0 Å². The molecule has 9 heteroatoms. The Labute approximate surface area is 133 Å². The van der Waals surface area contributed by atoms with E-state index in [0.29, 0.717) is 19.5 Å². The van der Waals surface area contributed by atoms with Gasteiger partial charge < -0.3 is 10.4 Å². The maximum Gasteiger partial charge on any atom is 0.335 e. The van der Waals surface area contributed by atoms with E-state index in [0.717, 1.165) is 24.5 Å². The number of rotatable bonds is 5. The standard InChI is InChI=1S/C14H17FN2O5S/c1-23(21,22)17-5-4-9(8-17)7-16-13(18)11-3-2-10(14(19)20)6-12(11)15/h2-3,6,9H,4-5,7-8H2,1H3,(H,16,18)(H,19,20). The van der Waals surface area contributed by atoms with Crippen molar-refractivity contribution in [2.45, 2.75) is 6.42 Å². The van der Waals surface area contributed by atoms with Gasteiger partial charge in [-0.15, -0.1) is 0 Å². The maximum atomic E-state index is 13.8. The van der Waals surface area contributed by atoms with Crippen LogP contribution in [0.25, 0.3) is 0 Å². The number of carbonyl (C=O) groups excluding carboxylic acids is 1. The predicted octanol–water partition coefficient (Wildman–Crippen LogP) is 0.535. The van der Waals surface area contributed by atoms with Gasteiger partial charge in [-0.1, -0.05) is 0 Å². The molecule has 1 heterocycles. The van der Waals surface area contributed by atoms with Crippen LogP contribution in [0.3, 0.4) is 0 Å². The van der Waals surface area contributed by atoms with E-state index in [1.807, 2.05) is 0 Å². The highest BCUT2D eigenvalue weighted by Crippen LogP contribution is 2.18. The lowest BCUT2D eigenvalue weighted by atomic mass is 10.1. The summed E-state index contributed by atoms with van der Waals surface area (Å²) in [5, 5.41) is 11.3. The molecule has 1 atom stereocenters. The largest absolute Gasteiger partial charge is 0.478 e. The molecule has 2 N–H and O–H groups in total. The number of halogens is 1. The fraction of sp³-hybridized carbons (Fsp3) is 0.429. The number of hydrogen-bond acceptors (Lipinski definition) is 4. The summed E-state index contributed by atoms with van der Waals surface area (Å²) in [6.07, 6.45) is 1.75. The average Bonchev–Trinajstić information content (AvgIpc) is 2.93. The maximum absolute atomic E-state index is 13.8. The zero-order valence-corrected chi connectivity index (χ0v) is 13.3. The second-order valence-corrected chi connectivity index (χ2v) is 7.47. The van der Waals surface area contributed by atoms with Gasteiger partial charge in [0.25, 0.3) is 5.91 Å². The second-order valence-electron chi connectivity index (χ2n) is 5.49. The molecule has 0 saturated carbocycles. The zero-order valence-electron chi connectivity index (χ0n) is 12.5. The number of benzene rings is 1. The Bertz CT molecular complexity index is 735. The number of nitrogens with zero attached hydrogens (tertiary/aromatic N) is 1. The molecule has 2 rings (SSSR count). The Hall–Kier alpha value is -2.00. The van der Waals surface area contributed by atoms with Crippen molar-refractivity contribution in [3.05, 3.63) is 35.1 Å². The van der Waals surface area contributed by atoms with Crippen LogP contribution in [0, 0.1) is 11.7 Å². The second kappa shape index (κ2) is 6.63. The topological polar surface area (TPSA) is 104 Å². The predicted molar refractivity (Wildman–Crippen MR) is 80.2 cm³/mol. The summed E-state index contributed by atoms with van der Waals surface area (Å²) in [5.41, 5.74) is -0.480. The van der Waals surface area contributed by atoms with E-state index >= 15 is 0 Å². The first kappa shape index (κ1) is 17.4. The van der Waals surface area contributed by atoms with E-state index in [1.54, 1.807) is 0 Å². The number of hydrogen-bond donors (Lipinski definition) is 2. The van der Waals surface area contributed by atoms with Crippen molar-refractivity contribution >= 4 is 21.9 Å². The lowest BCUT2D eigenvalue weighted by molar-refractivity contribution is 0.0695. The van der Waals surface area contributed by atoms with E-state index in [9.17, 15) is 22.4 Å². The Morgan fingerprint density at radius 1 is 1.43 bits per heavy atom. The Morgan fingerprint density at radius 2 is 2.13 bits per heavy atom. The van der Waals surface area contributed by atoms with Gasteiger partial charge in [-0.25, -0.2) is 21.9 Å². The van der Waals surface area contributed by atoms with Crippen LogP contribution in [-0.4, -0.2) is 55.6 Å². The molecule has 23 heavy (non-hydrogen) atoms. The molecule has 0 bridgehead atoms. The molecule has 1 aromatic carbocycles. The van der Waals surface area contributed by atoms with Gasteiger partial charge in [0.2, 0.25) is 10.0 Å². The van der Waals surface area contributed by atoms with Crippen molar-refractivity contribution in [3.8, 4) is 0 Å². The summed E-state index contributed by atoms with van der Waals surface area (Å²) in [6, 6.07) is 3.06. The summed E-state index contributed by atoms with van der Waals surface area (Å²) >= 11 is 0. The molecule has 1 amide bonds. The summed E-state index contributed by atoms with van der Waals surface area (Å²) < 4.78 is 37.9. The van der Waals surface area contributed by atoms with Gasteiger partial charge in [0.1, 0.15) is 5.82 Å². The van der Waals surface area contributed by atoms with E-state index in [2.05, 4.69) is 5.32 Å². The van der Waals surface area contributed by atoms with Crippen molar-refractivity contribution < 1.29 is 27.5 Å². The molecule has 0 aromatic heterocycles. The number of aromatic carboxylic acids is 1. The number of carboxylic acids is 1. The van der Waals surface area contributed by atoms with Crippen LogP contribution in [0.1, 0.15) is 27.1 Å². The number of carboxylic acid groups (broad SMARTS) is 1. The van der Waals surface area contributed by atoms with Crippen molar-refractivity contribution in [3.63, 3.8) is 0 Å². The molecule has 7 nitrogen and oxygen atoms in total. The third-order valence-electron chi connectivity index (χ3n) is 3.73. The Kier molecular flexibility index (Phi) is 5.00. The Balaban J connectivity index is 1.95. The van der Waals surface area contributed by atoms with Crippen LogP contribution in [0.15, 0.2) is 18.2 Å². The zero-order chi connectivity index (χ0) is 17.2. The Morgan fingerprint density at radius 3 is 2.65 bits per heavy atom. The van der Waals surface area contributed by atoms with Crippen LogP contribution in [0.2, 0.25) is 0 Å². The monoisotopic (exact) mass is 344 g/mol. The van der Waals surface area contributed by atoms with Gasteiger partial charge in [0.15, 0.2) is 0 Å². The van der Waals surface area contributed by atoms with Crippen LogP contribution in [0.5, 0.6) is 0 Å². The molecule has 1 aliphatic heterocycles. The number of sulfonamides is 1. The van der Waals surface area contributed by atoms with Gasteiger partial charge in [-0.2, -0.15) is 0 Å². The minimum atomic E-state index is -3.24. The van der Waals surface area contributed by atoms with Gasteiger partial charge in [0, 0.05) is 19.6 Å². The molecular weight excluding hydrogens is 327 g/mol. The normalized spacial score (nSPS) is 18.8. The summed E-state index contributed by atoms with van der Waals surface area (Å²) in [5.74, 6) is -2.87. The van der Waals surface area contributed by atoms with Crippen molar-refractivity contribution in [1.29, 1.82) is 0 Å². The quantitative estimate of drug-likeness (QED) is 0.811. The smallest absolute Gasteiger partial charge is 0.335 e. The number of nitrogens with one attached hydrogen (secondary N) is 1.